The van der Waals surface area contributed by atoms with E-state index in [0.29, 0.717) is 21.9 Å². The van der Waals surface area contributed by atoms with Crippen LogP contribution in [0.1, 0.15) is 32.3 Å². The molecule has 6 nitrogen and oxygen atoms in total. The maximum atomic E-state index is 13.4. The lowest BCUT2D eigenvalue weighted by molar-refractivity contribution is -0.110. The molecule has 1 aliphatic carbocycles. The molecule has 0 unspecified atom stereocenters. The Kier molecular flexibility index (Phi) is 5.93. The van der Waals surface area contributed by atoms with Crippen molar-refractivity contribution in [2.45, 2.75) is 48.0 Å². The van der Waals surface area contributed by atoms with Gasteiger partial charge in [0.2, 0.25) is 0 Å². The van der Waals surface area contributed by atoms with Crippen LogP contribution in [0.4, 0.5) is 4.79 Å². The second-order valence-electron chi connectivity index (χ2n) is 8.13. The minimum absolute atomic E-state index is 0.00126. The van der Waals surface area contributed by atoms with Crippen LogP contribution in [0.2, 0.25) is 10.0 Å². The number of amides is 1. The maximum absolute atomic E-state index is 13.4. The Labute approximate surface area is 185 Å². The summed E-state index contributed by atoms with van der Waals surface area (Å²) < 4.78 is 32.0. The van der Waals surface area contributed by atoms with Crippen LogP contribution in [0.25, 0.3) is 0 Å². The lowest BCUT2D eigenvalue weighted by Gasteiger charge is -2.22. The van der Waals surface area contributed by atoms with E-state index in [1.807, 2.05) is 0 Å². The van der Waals surface area contributed by atoms with Gasteiger partial charge in [0.1, 0.15) is 22.7 Å². The van der Waals surface area contributed by atoms with E-state index in [2.05, 4.69) is 5.32 Å². The van der Waals surface area contributed by atoms with E-state index in [0.717, 1.165) is 0 Å². The normalized spacial score (nSPS) is 23.5. The predicted octanol–water partition coefficient (Wildman–Crippen LogP) is 4.40. The summed E-state index contributed by atoms with van der Waals surface area (Å²) in [5.41, 5.74) is -1.99. The van der Waals surface area contributed by atoms with E-state index in [-0.39, 0.29) is 4.90 Å². The van der Waals surface area contributed by atoms with Crippen molar-refractivity contribution in [3.8, 4) is 0 Å². The van der Waals surface area contributed by atoms with Crippen molar-refractivity contribution in [3.63, 3.8) is 0 Å². The van der Waals surface area contributed by atoms with Crippen molar-refractivity contribution in [2.75, 3.05) is 0 Å². The molecule has 1 saturated carbocycles. The highest BCUT2D eigenvalue weighted by Gasteiger charge is 2.73. The molecule has 0 aliphatic heterocycles. The monoisotopic (exact) mass is 469 g/mol. The van der Waals surface area contributed by atoms with E-state index in [9.17, 15) is 18.0 Å². The summed E-state index contributed by atoms with van der Waals surface area (Å²) in [6.07, 6.45) is -0.420. The summed E-state index contributed by atoms with van der Waals surface area (Å²) in [6, 6.07) is 12.2. The van der Waals surface area contributed by atoms with Crippen LogP contribution in [0.3, 0.4) is 0 Å². The number of rotatable bonds is 5. The summed E-state index contributed by atoms with van der Waals surface area (Å²) in [7, 11) is -4.00. The molecule has 0 radical (unpaired) electrons. The van der Waals surface area contributed by atoms with Gasteiger partial charge < -0.3 is 14.8 Å². The molecule has 2 aromatic carbocycles. The topological polar surface area (TPSA) is 89.5 Å². The Morgan fingerprint density at radius 2 is 1.73 bits per heavy atom. The molecular weight excluding hydrogens is 449 g/mol. The van der Waals surface area contributed by atoms with Gasteiger partial charge >= 0.3 is 6.09 Å². The molecule has 2 aromatic rings. The Morgan fingerprint density at radius 1 is 1.10 bits per heavy atom. The quantitative estimate of drug-likeness (QED) is 0.655. The SMILES string of the molecule is CC(C)(C)OC(=O)N[C@]1(C=O)[C@H](c2cccc(Cl)c2)[C@H]1S(=O)(=O)c1ccc(Cl)cc1. The molecule has 1 amide bonds. The number of hydrogen-bond donors (Lipinski definition) is 1. The first-order valence-electron chi connectivity index (χ1n) is 9.13. The second-order valence-corrected chi connectivity index (χ2v) is 11.1. The molecule has 3 atom stereocenters. The van der Waals surface area contributed by atoms with Gasteiger partial charge in [-0.05, 0) is 62.7 Å². The maximum Gasteiger partial charge on any atom is 0.408 e. The first-order chi connectivity index (χ1) is 13.9. The molecule has 0 bridgehead atoms. The van der Waals surface area contributed by atoms with Crippen LogP contribution < -0.4 is 5.32 Å². The number of alkyl carbamates (subject to hydrolysis) is 1. The van der Waals surface area contributed by atoms with Crippen molar-refractivity contribution in [1.29, 1.82) is 0 Å². The number of halogens is 2. The van der Waals surface area contributed by atoms with Crippen LogP contribution in [0, 0.1) is 0 Å². The van der Waals surface area contributed by atoms with E-state index in [1.54, 1.807) is 45.0 Å². The Hall–Kier alpha value is -2.09. The van der Waals surface area contributed by atoms with Crippen LogP contribution in [0.5, 0.6) is 0 Å². The molecule has 9 heteroatoms. The zero-order valence-electron chi connectivity index (χ0n) is 16.6. The lowest BCUT2D eigenvalue weighted by atomic mass is 10.1. The fourth-order valence-electron chi connectivity index (χ4n) is 3.53. The van der Waals surface area contributed by atoms with Gasteiger partial charge in [0.15, 0.2) is 9.84 Å². The minimum Gasteiger partial charge on any atom is -0.444 e. The summed E-state index contributed by atoms with van der Waals surface area (Å²) in [5.74, 6) is -0.832. The predicted molar refractivity (Wildman–Crippen MR) is 115 cm³/mol. The Bertz CT molecular complexity index is 1080. The van der Waals surface area contributed by atoms with Crippen LogP contribution >= 0.6 is 23.2 Å². The Morgan fingerprint density at radius 3 is 2.27 bits per heavy atom. The van der Waals surface area contributed by atoms with Gasteiger partial charge in [-0.2, -0.15) is 0 Å². The first kappa shape index (κ1) is 22.6. The highest BCUT2D eigenvalue weighted by atomic mass is 35.5. The number of ether oxygens (including phenoxy) is 1. The summed E-state index contributed by atoms with van der Waals surface area (Å²) in [5, 5.41) is 2.04. The van der Waals surface area contributed by atoms with Gasteiger partial charge in [-0.1, -0.05) is 35.3 Å². The molecule has 160 valence electrons. The first-order valence-corrected chi connectivity index (χ1v) is 11.4. The number of carbonyl (C=O) groups is 2. The van der Waals surface area contributed by atoms with Crippen molar-refractivity contribution >= 4 is 45.4 Å². The molecule has 1 N–H and O–H groups in total. The van der Waals surface area contributed by atoms with Gasteiger partial charge in [0, 0.05) is 16.0 Å². The zero-order valence-corrected chi connectivity index (χ0v) is 18.9. The molecule has 0 saturated heterocycles. The van der Waals surface area contributed by atoms with E-state index in [1.165, 1.54) is 24.3 Å². The van der Waals surface area contributed by atoms with Gasteiger partial charge in [0.25, 0.3) is 0 Å². The molecule has 0 heterocycles. The van der Waals surface area contributed by atoms with Gasteiger partial charge in [0.05, 0.1) is 4.90 Å². The van der Waals surface area contributed by atoms with Crippen molar-refractivity contribution in [3.05, 3.63) is 64.1 Å². The number of benzene rings is 2. The van der Waals surface area contributed by atoms with Gasteiger partial charge in [-0.3, -0.25) is 0 Å². The largest absolute Gasteiger partial charge is 0.444 e. The average molecular weight is 470 g/mol. The van der Waals surface area contributed by atoms with Gasteiger partial charge in [-0.15, -0.1) is 0 Å². The lowest BCUT2D eigenvalue weighted by Crippen LogP contribution is -2.45. The summed E-state index contributed by atoms with van der Waals surface area (Å²) in [4.78, 5) is 24.7. The average Bonchev–Trinajstić information content (AvgIpc) is 3.30. The Balaban J connectivity index is 2.06. The highest BCUT2D eigenvalue weighted by Crippen LogP contribution is 2.56. The van der Waals surface area contributed by atoms with E-state index >= 15 is 0 Å². The molecular formula is C21H21Cl2NO5S. The van der Waals surface area contributed by atoms with Crippen LogP contribution in [0.15, 0.2) is 53.4 Å². The fraction of sp³-hybridized carbons (Fsp3) is 0.333. The second kappa shape index (κ2) is 7.87. The molecule has 30 heavy (non-hydrogen) atoms. The highest BCUT2D eigenvalue weighted by molar-refractivity contribution is 7.92. The van der Waals surface area contributed by atoms with E-state index in [4.69, 9.17) is 27.9 Å². The third-order valence-electron chi connectivity index (χ3n) is 4.78. The van der Waals surface area contributed by atoms with Crippen molar-refractivity contribution < 1.29 is 22.7 Å². The third-order valence-corrected chi connectivity index (χ3v) is 7.52. The molecule has 0 aromatic heterocycles. The fourth-order valence-corrected chi connectivity index (χ4v) is 6.10. The number of hydrogen-bond acceptors (Lipinski definition) is 5. The molecule has 1 aliphatic rings. The zero-order chi connectivity index (χ0) is 22.3. The molecule has 3 rings (SSSR count). The third kappa shape index (κ3) is 4.33. The van der Waals surface area contributed by atoms with Crippen molar-refractivity contribution in [2.24, 2.45) is 0 Å². The summed E-state index contributed by atoms with van der Waals surface area (Å²) >= 11 is 12.0. The van der Waals surface area contributed by atoms with Crippen LogP contribution in [-0.2, 0) is 19.4 Å². The van der Waals surface area contributed by atoms with Crippen molar-refractivity contribution in [1.82, 2.24) is 5.32 Å². The minimum atomic E-state index is -4.00. The van der Waals surface area contributed by atoms with E-state index < -0.39 is 38.2 Å². The molecule has 1 fully saturated rings. The number of carbonyl (C=O) groups excluding carboxylic acids is 2. The van der Waals surface area contributed by atoms with Crippen LogP contribution in [-0.4, -0.2) is 37.2 Å². The number of nitrogens with one attached hydrogen (secondary N) is 1. The standard InChI is InChI=1S/C21H21Cl2NO5S/c1-20(2,3)29-19(26)24-21(12-25)17(13-5-4-6-15(23)11-13)18(21)30(27,28)16-9-7-14(22)8-10-16/h4-12,17-18H,1-3H3,(H,24,26)/t17-,18-,21-/m1/s1. The number of sulfone groups is 1. The number of aldehydes is 1. The molecule has 0 spiro atoms. The van der Waals surface area contributed by atoms with Gasteiger partial charge in [-0.25, -0.2) is 13.2 Å². The summed E-state index contributed by atoms with van der Waals surface area (Å²) in [6.45, 7) is 5.01. The smallest absolute Gasteiger partial charge is 0.408 e.